The molecule has 0 unspecified atom stereocenters. The fourth-order valence-electron chi connectivity index (χ4n) is 1.66. The van der Waals surface area contributed by atoms with E-state index in [1.165, 1.54) is 18.2 Å². The van der Waals surface area contributed by atoms with Crippen molar-refractivity contribution in [3.05, 3.63) is 56.8 Å². The number of hydrazine groups is 1. The second-order valence-corrected chi connectivity index (χ2v) is 4.88. The van der Waals surface area contributed by atoms with Crippen LogP contribution in [0.1, 0.15) is 5.76 Å². The summed E-state index contributed by atoms with van der Waals surface area (Å²) in [6.45, 7) is 0. The number of halogens is 1. The smallest absolute Gasteiger partial charge is 0.281 e. The van der Waals surface area contributed by atoms with E-state index in [-0.39, 0.29) is 5.69 Å². The van der Waals surface area contributed by atoms with E-state index in [9.17, 15) is 14.9 Å². The van der Waals surface area contributed by atoms with Crippen molar-refractivity contribution in [1.82, 2.24) is 5.43 Å². The number of carbonyl (C=O) groups excluding carboxylic acids is 1. The van der Waals surface area contributed by atoms with Crippen LogP contribution in [0.5, 0.6) is 0 Å². The summed E-state index contributed by atoms with van der Waals surface area (Å²) in [5, 5.41) is 11.1. The second kappa shape index (κ2) is 6.33. The van der Waals surface area contributed by atoms with Crippen molar-refractivity contribution in [3.8, 4) is 11.3 Å². The summed E-state index contributed by atoms with van der Waals surface area (Å²) in [5.74, 6) is 5.17. The molecule has 0 aliphatic carbocycles. The molecule has 108 valence electrons. The summed E-state index contributed by atoms with van der Waals surface area (Å²) in [5.41, 5.74) is 2.22. The predicted molar refractivity (Wildman–Crippen MR) is 79.9 cm³/mol. The molecule has 0 radical (unpaired) electrons. The lowest BCUT2D eigenvalue weighted by molar-refractivity contribution is -0.384. The molecule has 1 heterocycles. The highest BCUT2D eigenvalue weighted by Crippen LogP contribution is 2.33. The maximum absolute atomic E-state index is 11.1. The number of nitrogens with zero attached hydrogens (tertiary/aromatic N) is 1. The van der Waals surface area contributed by atoms with Gasteiger partial charge in [-0.15, -0.1) is 0 Å². The van der Waals surface area contributed by atoms with Crippen LogP contribution in [0.25, 0.3) is 17.4 Å². The average molecular weight is 352 g/mol. The number of nitro groups is 1. The van der Waals surface area contributed by atoms with E-state index in [1.54, 1.807) is 24.3 Å². The molecule has 0 bridgehead atoms. The maximum atomic E-state index is 11.1. The molecule has 0 saturated carbocycles. The van der Waals surface area contributed by atoms with Crippen molar-refractivity contribution in [2.75, 3.05) is 0 Å². The van der Waals surface area contributed by atoms with Crippen molar-refractivity contribution < 1.29 is 14.1 Å². The first-order chi connectivity index (χ1) is 10.0. The normalized spacial score (nSPS) is 10.8. The van der Waals surface area contributed by atoms with Gasteiger partial charge >= 0.3 is 0 Å². The van der Waals surface area contributed by atoms with Crippen LogP contribution in [-0.2, 0) is 4.79 Å². The summed E-state index contributed by atoms with van der Waals surface area (Å²) in [7, 11) is 0. The number of nitrogens with two attached hydrogens (primary N) is 1. The van der Waals surface area contributed by atoms with Gasteiger partial charge in [0, 0.05) is 16.6 Å². The Balaban J connectivity index is 2.36. The van der Waals surface area contributed by atoms with Gasteiger partial charge in [-0.25, -0.2) is 5.84 Å². The first kappa shape index (κ1) is 14.9. The largest absolute Gasteiger partial charge is 0.456 e. The molecule has 0 aliphatic rings. The first-order valence-corrected chi connectivity index (χ1v) is 6.53. The zero-order valence-corrected chi connectivity index (χ0v) is 12.2. The van der Waals surface area contributed by atoms with Gasteiger partial charge < -0.3 is 4.42 Å². The fraction of sp³-hybridized carbons (Fsp3) is 0. The van der Waals surface area contributed by atoms with Gasteiger partial charge in [-0.1, -0.05) is 15.9 Å². The van der Waals surface area contributed by atoms with Crippen LogP contribution in [0.15, 0.2) is 45.3 Å². The van der Waals surface area contributed by atoms with Crippen LogP contribution in [-0.4, -0.2) is 10.8 Å². The third-order valence-corrected chi connectivity index (χ3v) is 3.08. The molecule has 2 aromatic rings. The van der Waals surface area contributed by atoms with Crippen LogP contribution in [0.2, 0.25) is 0 Å². The lowest BCUT2D eigenvalue weighted by Gasteiger charge is -2.00. The van der Waals surface area contributed by atoms with Crippen molar-refractivity contribution in [1.29, 1.82) is 0 Å². The van der Waals surface area contributed by atoms with Gasteiger partial charge in [0.1, 0.15) is 11.5 Å². The van der Waals surface area contributed by atoms with Crippen LogP contribution in [0.4, 0.5) is 5.69 Å². The molecule has 0 atom stereocenters. The number of hydrogen-bond acceptors (Lipinski definition) is 5. The Morgan fingerprint density at radius 1 is 1.38 bits per heavy atom. The summed E-state index contributed by atoms with van der Waals surface area (Å²) in [6.07, 6.45) is 2.61. The van der Waals surface area contributed by atoms with E-state index in [1.807, 2.05) is 5.43 Å². The number of benzene rings is 1. The molecule has 1 aromatic carbocycles. The molecule has 7 nitrogen and oxygen atoms in total. The first-order valence-electron chi connectivity index (χ1n) is 5.74. The quantitative estimate of drug-likeness (QED) is 0.289. The van der Waals surface area contributed by atoms with E-state index in [2.05, 4.69) is 15.9 Å². The molecule has 2 rings (SSSR count). The van der Waals surface area contributed by atoms with E-state index in [0.29, 0.717) is 21.6 Å². The van der Waals surface area contributed by atoms with Gasteiger partial charge in [-0.2, -0.15) is 0 Å². The molecule has 8 heteroatoms. The van der Waals surface area contributed by atoms with Gasteiger partial charge in [0.25, 0.3) is 11.6 Å². The third kappa shape index (κ3) is 3.56. The molecule has 0 fully saturated rings. The minimum atomic E-state index is -0.486. The standard InChI is InChI=1S/C13H10BrN3O4/c14-8-1-4-10(11(7-8)17(19)20)12-5-2-9(21-12)3-6-13(18)16-15/h1-7H,15H2,(H,16,18)/b6-3+. The topological polar surface area (TPSA) is 111 Å². The summed E-state index contributed by atoms with van der Waals surface area (Å²) in [4.78, 5) is 21.6. The average Bonchev–Trinajstić information content (AvgIpc) is 2.93. The Morgan fingerprint density at radius 3 is 2.81 bits per heavy atom. The second-order valence-electron chi connectivity index (χ2n) is 3.96. The lowest BCUT2D eigenvalue weighted by Crippen LogP contribution is -2.27. The molecule has 0 saturated heterocycles. The van der Waals surface area contributed by atoms with E-state index in [0.717, 1.165) is 0 Å². The van der Waals surface area contributed by atoms with Crippen molar-refractivity contribution in [2.45, 2.75) is 0 Å². The van der Waals surface area contributed by atoms with E-state index < -0.39 is 10.8 Å². The molecule has 1 amide bonds. The number of carbonyl (C=O) groups is 1. The molecule has 0 aliphatic heterocycles. The number of furan rings is 1. The Labute approximate surface area is 127 Å². The highest BCUT2D eigenvalue weighted by Gasteiger charge is 2.18. The summed E-state index contributed by atoms with van der Waals surface area (Å²) >= 11 is 3.19. The molecule has 21 heavy (non-hydrogen) atoms. The van der Waals surface area contributed by atoms with Crippen LogP contribution in [0, 0.1) is 10.1 Å². The monoisotopic (exact) mass is 351 g/mol. The zero-order chi connectivity index (χ0) is 15.4. The van der Waals surface area contributed by atoms with Crippen molar-refractivity contribution in [2.24, 2.45) is 5.84 Å². The van der Waals surface area contributed by atoms with Gasteiger partial charge in [-0.05, 0) is 30.3 Å². The molecule has 1 aromatic heterocycles. The fourth-order valence-corrected chi connectivity index (χ4v) is 2.01. The highest BCUT2D eigenvalue weighted by molar-refractivity contribution is 9.10. The molecular weight excluding hydrogens is 342 g/mol. The number of hydrogen-bond donors (Lipinski definition) is 2. The minimum Gasteiger partial charge on any atom is -0.456 e. The summed E-state index contributed by atoms with van der Waals surface area (Å²) < 4.78 is 6.07. The Kier molecular flexibility index (Phi) is 4.51. The Bertz CT molecular complexity index is 724. The maximum Gasteiger partial charge on any atom is 0.281 e. The summed E-state index contributed by atoms with van der Waals surface area (Å²) in [6, 6.07) is 7.86. The van der Waals surface area contributed by atoms with Crippen molar-refractivity contribution in [3.63, 3.8) is 0 Å². The van der Waals surface area contributed by atoms with Gasteiger partial charge in [0.15, 0.2) is 0 Å². The molecule has 3 N–H and O–H groups in total. The van der Waals surface area contributed by atoms with Gasteiger partial charge in [0.05, 0.1) is 10.5 Å². The number of nitro benzene ring substituents is 1. The predicted octanol–water partition coefficient (Wildman–Crippen LogP) is 2.62. The highest BCUT2D eigenvalue weighted by atomic mass is 79.9. The zero-order valence-electron chi connectivity index (χ0n) is 10.6. The van der Waals surface area contributed by atoms with Crippen molar-refractivity contribution >= 4 is 33.6 Å². The Morgan fingerprint density at radius 2 is 2.14 bits per heavy atom. The van der Waals surface area contributed by atoms with Gasteiger partial charge in [0.2, 0.25) is 0 Å². The van der Waals surface area contributed by atoms with E-state index >= 15 is 0 Å². The van der Waals surface area contributed by atoms with Crippen LogP contribution in [0.3, 0.4) is 0 Å². The van der Waals surface area contributed by atoms with E-state index in [4.69, 9.17) is 10.3 Å². The number of amides is 1. The van der Waals surface area contributed by atoms with Gasteiger partial charge in [-0.3, -0.25) is 20.3 Å². The molecular formula is C13H10BrN3O4. The SMILES string of the molecule is NNC(=O)/C=C/c1ccc(-c2ccc(Br)cc2[N+](=O)[O-])o1. The number of nitrogens with one attached hydrogen (secondary N) is 1. The minimum absolute atomic E-state index is 0.0750. The van der Waals surface area contributed by atoms with Crippen LogP contribution >= 0.6 is 15.9 Å². The lowest BCUT2D eigenvalue weighted by atomic mass is 10.1. The molecule has 0 spiro atoms. The number of rotatable bonds is 4. The Hall–Kier alpha value is -2.45. The van der Waals surface area contributed by atoms with Crippen LogP contribution < -0.4 is 11.3 Å². The third-order valence-electron chi connectivity index (χ3n) is 2.59.